The number of hydrogen-bond donors (Lipinski definition) is 2. The van der Waals surface area contributed by atoms with Crippen LogP contribution in [0.2, 0.25) is 0 Å². The van der Waals surface area contributed by atoms with Gasteiger partial charge in [-0.1, -0.05) is 30.3 Å². The number of ether oxygens (including phenoxy) is 1. The summed E-state index contributed by atoms with van der Waals surface area (Å²) >= 11 is 0. The van der Waals surface area contributed by atoms with Gasteiger partial charge in [0.15, 0.2) is 0 Å². The molecule has 2 N–H and O–H groups in total. The molecule has 8 nitrogen and oxygen atoms in total. The number of aryl methyl sites for hydroxylation is 1. The van der Waals surface area contributed by atoms with Crippen molar-refractivity contribution in [2.75, 3.05) is 34.3 Å². The van der Waals surface area contributed by atoms with Gasteiger partial charge in [-0.25, -0.2) is 0 Å². The number of piperidine rings is 1. The van der Waals surface area contributed by atoms with E-state index in [9.17, 15) is 9.59 Å². The Bertz CT molecular complexity index is 1630. The molecule has 0 aliphatic carbocycles. The molecular formula is C33H39N5O3. The van der Waals surface area contributed by atoms with Crippen LogP contribution in [0.3, 0.4) is 0 Å². The fraction of sp³-hybridized carbons (Fsp3) is 0.333. The first-order valence-corrected chi connectivity index (χ1v) is 14.1. The minimum absolute atomic E-state index is 0.0563. The van der Waals surface area contributed by atoms with E-state index in [2.05, 4.69) is 75.3 Å². The van der Waals surface area contributed by atoms with Crippen molar-refractivity contribution < 1.29 is 9.53 Å². The lowest BCUT2D eigenvalue weighted by Crippen LogP contribution is -2.39. The third kappa shape index (κ3) is 5.93. The van der Waals surface area contributed by atoms with Crippen LogP contribution < -0.4 is 15.6 Å². The van der Waals surface area contributed by atoms with Crippen LogP contribution in [0.25, 0.3) is 22.7 Å². The van der Waals surface area contributed by atoms with Crippen molar-refractivity contribution in [3.8, 4) is 16.9 Å². The van der Waals surface area contributed by atoms with Crippen LogP contribution in [-0.4, -0.2) is 65.4 Å². The van der Waals surface area contributed by atoms with Gasteiger partial charge in [0.25, 0.3) is 11.5 Å². The lowest BCUT2D eigenvalue weighted by molar-refractivity contribution is 0.0950. The topological polar surface area (TPSA) is 82.1 Å². The first-order chi connectivity index (χ1) is 19.8. The monoisotopic (exact) mass is 553 g/mol. The van der Waals surface area contributed by atoms with Crippen molar-refractivity contribution in [2.24, 2.45) is 0 Å². The maximum Gasteiger partial charge on any atom is 0.256 e. The van der Waals surface area contributed by atoms with Crippen LogP contribution in [0, 0.1) is 13.8 Å². The van der Waals surface area contributed by atoms with Crippen LogP contribution in [0.4, 0.5) is 0 Å². The van der Waals surface area contributed by atoms with E-state index in [1.54, 1.807) is 13.0 Å². The zero-order valence-corrected chi connectivity index (χ0v) is 24.5. The molecular weight excluding hydrogens is 514 g/mol. The molecule has 0 saturated carbocycles. The van der Waals surface area contributed by atoms with Gasteiger partial charge in [-0.15, -0.1) is 0 Å². The van der Waals surface area contributed by atoms with Crippen molar-refractivity contribution >= 4 is 17.5 Å². The number of nitrogens with one attached hydrogen (secondary N) is 2. The number of aromatic nitrogens is 2. The number of rotatable bonds is 8. The van der Waals surface area contributed by atoms with Crippen LogP contribution in [0.5, 0.6) is 5.75 Å². The van der Waals surface area contributed by atoms with E-state index in [1.165, 1.54) is 7.11 Å². The van der Waals surface area contributed by atoms with Crippen LogP contribution in [-0.2, 0) is 6.54 Å². The standard InChI is InChI=1S/C33H39N5O3/c1-22-19-31(41-5)28(33(40)35-22)21-34-32(39)27-20-30-26(24-9-7-6-8-10-24)13-18-38(30)29(23(27)2)14-17-37-15-11-25(12-16-37)36(3)4/h6-10,13-14,17-20,25H,11-12,15-16,21H2,1-5H3,(H,34,39)(H,35,40). The predicted octanol–water partition coefficient (Wildman–Crippen LogP) is 4.85. The average Bonchev–Trinajstić information content (AvgIpc) is 3.39. The largest absolute Gasteiger partial charge is 0.496 e. The lowest BCUT2D eigenvalue weighted by atomic mass is 10.0. The first-order valence-electron chi connectivity index (χ1n) is 14.1. The zero-order chi connectivity index (χ0) is 29.1. The van der Waals surface area contributed by atoms with E-state index in [0.29, 0.717) is 28.6 Å². The summed E-state index contributed by atoms with van der Waals surface area (Å²) in [6.45, 7) is 5.83. The molecule has 0 radical (unpaired) electrons. The number of carbonyl (C=O) groups excluding carboxylic acids is 1. The second kappa shape index (κ2) is 12.1. The summed E-state index contributed by atoms with van der Waals surface area (Å²) < 4.78 is 7.58. The van der Waals surface area contributed by atoms with Gasteiger partial charge in [-0.2, -0.15) is 0 Å². The van der Waals surface area contributed by atoms with E-state index < -0.39 is 0 Å². The smallest absolute Gasteiger partial charge is 0.256 e. The number of amides is 1. The lowest BCUT2D eigenvalue weighted by Gasteiger charge is -2.34. The van der Waals surface area contributed by atoms with E-state index in [1.807, 2.05) is 31.2 Å². The Morgan fingerprint density at radius 2 is 1.85 bits per heavy atom. The summed E-state index contributed by atoms with van der Waals surface area (Å²) in [4.78, 5) is 33.8. The summed E-state index contributed by atoms with van der Waals surface area (Å²) in [5.41, 5.74) is 6.30. The fourth-order valence-electron chi connectivity index (χ4n) is 5.70. The zero-order valence-electron chi connectivity index (χ0n) is 24.5. The maximum atomic E-state index is 13.7. The van der Waals surface area contributed by atoms with Crippen molar-refractivity contribution in [3.63, 3.8) is 0 Å². The van der Waals surface area contributed by atoms with Crippen LogP contribution in [0.1, 0.15) is 45.7 Å². The molecule has 0 unspecified atom stereocenters. The molecule has 4 heterocycles. The van der Waals surface area contributed by atoms with Gasteiger partial charge in [0, 0.05) is 48.3 Å². The van der Waals surface area contributed by atoms with Gasteiger partial charge in [0.05, 0.1) is 30.4 Å². The van der Waals surface area contributed by atoms with Crippen molar-refractivity contribution in [1.82, 2.24) is 24.5 Å². The van der Waals surface area contributed by atoms with Gasteiger partial charge in [-0.3, -0.25) is 9.59 Å². The molecule has 3 aromatic heterocycles. The normalized spacial score (nSPS) is 14.3. The molecule has 1 amide bonds. The molecule has 0 atom stereocenters. The molecule has 0 bridgehead atoms. The number of benzene rings is 1. The number of carbonyl (C=O) groups is 1. The minimum atomic E-state index is -0.270. The summed E-state index contributed by atoms with van der Waals surface area (Å²) in [6, 6.07) is 16.6. The molecule has 214 valence electrons. The Hall–Kier alpha value is -4.30. The van der Waals surface area contributed by atoms with Gasteiger partial charge in [-0.05, 0) is 76.2 Å². The molecule has 41 heavy (non-hydrogen) atoms. The number of pyridine rings is 2. The third-order valence-electron chi connectivity index (χ3n) is 8.13. The molecule has 1 fully saturated rings. The Kier molecular flexibility index (Phi) is 8.31. The highest BCUT2D eigenvalue weighted by molar-refractivity contribution is 5.99. The molecule has 1 aliphatic rings. The van der Waals surface area contributed by atoms with Crippen LogP contribution >= 0.6 is 0 Å². The molecule has 1 aromatic carbocycles. The van der Waals surface area contributed by atoms with Gasteiger partial charge in [0.2, 0.25) is 0 Å². The summed E-state index contributed by atoms with van der Waals surface area (Å²) in [5.74, 6) is 0.215. The highest BCUT2D eigenvalue weighted by Crippen LogP contribution is 2.30. The Morgan fingerprint density at radius 1 is 1.12 bits per heavy atom. The Balaban J connectivity index is 1.51. The number of hydrogen-bond acceptors (Lipinski definition) is 5. The van der Waals surface area contributed by atoms with Gasteiger partial charge >= 0.3 is 0 Å². The number of aromatic amines is 1. The average molecular weight is 554 g/mol. The quantitative estimate of drug-likeness (QED) is 0.326. The molecule has 5 rings (SSSR count). The predicted molar refractivity (Wildman–Crippen MR) is 164 cm³/mol. The molecule has 1 saturated heterocycles. The highest BCUT2D eigenvalue weighted by Gasteiger charge is 2.21. The molecule has 4 aromatic rings. The van der Waals surface area contributed by atoms with E-state index in [4.69, 9.17) is 4.74 Å². The molecule has 1 aliphatic heterocycles. The molecule has 0 spiro atoms. The molecule has 8 heteroatoms. The summed E-state index contributed by atoms with van der Waals surface area (Å²) in [6.07, 6.45) is 8.60. The maximum absolute atomic E-state index is 13.7. The minimum Gasteiger partial charge on any atom is -0.496 e. The fourth-order valence-corrected chi connectivity index (χ4v) is 5.70. The van der Waals surface area contributed by atoms with Crippen molar-refractivity contribution in [3.05, 3.63) is 99.4 Å². The number of H-pyrrole nitrogens is 1. The Labute approximate surface area is 241 Å². The van der Waals surface area contributed by atoms with Crippen LogP contribution in [0.15, 0.2) is 65.7 Å². The second-order valence-electron chi connectivity index (χ2n) is 11.0. The number of nitrogens with zero attached hydrogens (tertiary/aromatic N) is 3. The Morgan fingerprint density at radius 3 is 2.54 bits per heavy atom. The second-order valence-corrected chi connectivity index (χ2v) is 11.0. The third-order valence-corrected chi connectivity index (χ3v) is 8.13. The summed E-state index contributed by atoms with van der Waals surface area (Å²) in [7, 11) is 5.82. The SMILES string of the molecule is COc1cc(C)[nH]c(=O)c1CNC(=O)c1cc2c(-c3ccccc3)ccn2c(C=CN2CCC(N(C)C)CC2)c1C. The van der Waals surface area contributed by atoms with E-state index in [-0.39, 0.29) is 18.0 Å². The number of methoxy groups -OCH3 is 1. The van der Waals surface area contributed by atoms with E-state index in [0.717, 1.165) is 53.8 Å². The first kappa shape index (κ1) is 28.2. The van der Waals surface area contributed by atoms with Gasteiger partial charge < -0.3 is 29.2 Å². The number of likely N-dealkylation sites (tertiary alicyclic amines) is 1. The summed E-state index contributed by atoms with van der Waals surface area (Å²) in [5, 5.41) is 2.97. The highest BCUT2D eigenvalue weighted by atomic mass is 16.5. The van der Waals surface area contributed by atoms with E-state index >= 15 is 0 Å². The van der Waals surface area contributed by atoms with Crippen molar-refractivity contribution in [2.45, 2.75) is 39.3 Å². The van der Waals surface area contributed by atoms with Gasteiger partial charge in [0.1, 0.15) is 5.75 Å². The van der Waals surface area contributed by atoms with Crippen molar-refractivity contribution in [1.29, 1.82) is 0 Å². The number of fused-ring (bicyclic) bond motifs is 1.